The first-order chi connectivity index (χ1) is 11.7. The highest BCUT2D eigenvalue weighted by Crippen LogP contribution is 2.23. The first-order valence-corrected chi connectivity index (χ1v) is 9.91. The Morgan fingerprint density at radius 1 is 1.16 bits per heavy atom. The van der Waals surface area contributed by atoms with Gasteiger partial charge in [-0.05, 0) is 68.9 Å². The summed E-state index contributed by atoms with van der Waals surface area (Å²) in [6.45, 7) is 5.81. The van der Waals surface area contributed by atoms with Crippen molar-refractivity contribution in [2.45, 2.75) is 31.7 Å². The third kappa shape index (κ3) is 5.59. The van der Waals surface area contributed by atoms with E-state index in [1.165, 1.54) is 0 Å². The molecule has 0 heterocycles. The van der Waals surface area contributed by atoms with E-state index in [0.29, 0.717) is 21.5 Å². The number of sulfonamides is 1. The smallest absolute Gasteiger partial charge is 0.261 e. The summed E-state index contributed by atoms with van der Waals surface area (Å²) in [5.41, 5.74) is 1.92. The Morgan fingerprint density at radius 2 is 1.88 bits per heavy atom. The SMILES string of the molecule is Cc1ccc(S(=O)(=O)Nc2cccc(Cl)c2)cc1NC(=S)NC(C)C. The number of halogens is 1. The monoisotopic (exact) mass is 397 g/mol. The van der Waals surface area contributed by atoms with Gasteiger partial charge >= 0.3 is 0 Å². The Kier molecular flexibility index (Phi) is 6.26. The van der Waals surface area contributed by atoms with Gasteiger partial charge in [0, 0.05) is 16.8 Å². The third-order valence-electron chi connectivity index (χ3n) is 3.26. The summed E-state index contributed by atoms with van der Waals surface area (Å²) in [6.07, 6.45) is 0. The number of thiocarbonyl (C=S) groups is 1. The van der Waals surface area contributed by atoms with E-state index in [4.69, 9.17) is 23.8 Å². The average molecular weight is 398 g/mol. The Labute approximate surface area is 158 Å². The van der Waals surface area contributed by atoms with Crippen LogP contribution in [0, 0.1) is 6.92 Å². The quantitative estimate of drug-likeness (QED) is 0.661. The second-order valence-corrected chi connectivity index (χ2v) is 8.37. The summed E-state index contributed by atoms with van der Waals surface area (Å²) in [7, 11) is -3.74. The van der Waals surface area contributed by atoms with Crippen LogP contribution >= 0.6 is 23.8 Å². The van der Waals surface area contributed by atoms with Crippen molar-refractivity contribution in [3.05, 3.63) is 53.1 Å². The van der Waals surface area contributed by atoms with Gasteiger partial charge in [-0.15, -0.1) is 0 Å². The molecule has 0 aliphatic heterocycles. The molecule has 0 amide bonds. The summed E-state index contributed by atoms with van der Waals surface area (Å²) >= 11 is 11.1. The van der Waals surface area contributed by atoms with Gasteiger partial charge in [0.05, 0.1) is 10.6 Å². The van der Waals surface area contributed by atoms with E-state index in [2.05, 4.69) is 15.4 Å². The van der Waals surface area contributed by atoms with Gasteiger partial charge in [0.2, 0.25) is 0 Å². The van der Waals surface area contributed by atoms with Gasteiger partial charge in [-0.25, -0.2) is 8.42 Å². The Bertz CT molecular complexity index is 883. The summed E-state index contributed by atoms with van der Waals surface area (Å²) in [4.78, 5) is 0.132. The number of hydrogen-bond donors (Lipinski definition) is 3. The second-order valence-electron chi connectivity index (χ2n) is 5.85. The Balaban J connectivity index is 2.26. The molecule has 8 heteroatoms. The van der Waals surface area contributed by atoms with Crippen LogP contribution in [-0.2, 0) is 10.0 Å². The molecule has 0 saturated heterocycles. The molecule has 0 spiro atoms. The maximum Gasteiger partial charge on any atom is 0.261 e. The number of rotatable bonds is 5. The van der Waals surface area contributed by atoms with Crippen LogP contribution in [0.4, 0.5) is 11.4 Å². The van der Waals surface area contributed by atoms with E-state index in [1.807, 2.05) is 20.8 Å². The van der Waals surface area contributed by atoms with Crippen LogP contribution in [0.15, 0.2) is 47.4 Å². The highest BCUT2D eigenvalue weighted by Gasteiger charge is 2.16. The number of hydrogen-bond acceptors (Lipinski definition) is 3. The molecule has 2 rings (SSSR count). The molecular weight excluding hydrogens is 378 g/mol. The van der Waals surface area contributed by atoms with Crippen molar-refractivity contribution in [2.75, 3.05) is 10.0 Å². The zero-order valence-electron chi connectivity index (χ0n) is 14.1. The van der Waals surface area contributed by atoms with Crippen LogP contribution in [-0.4, -0.2) is 19.6 Å². The van der Waals surface area contributed by atoms with E-state index in [-0.39, 0.29) is 10.9 Å². The third-order valence-corrected chi connectivity index (χ3v) is 5.10. The van der Waals surface area contributed by atoms with Crippen molar-refractivity contribution in [3.8, 4) is 0 Å². The van der Waals surface area contributed by atoms with E-state index >= 15 is 0 Å². The van der Waals surface area contributed by atoms with Crippen molar-refractivity contribution in [1.82, 2.24) is 5.32 Å². The van der Waals surface area contributed by atoms with Crippen LogP contribution in [0.25, 0.3) is 0 Å². The molecule has 25 heavy (non-hydrogen) atoms. The molecule has 0 aliphatic rings. The molecule has 0 radical (unpaired) electrons. The van der Waals surface area contributed by atoms with Gasteiger partial charge < -0.3 is 10.6 Å². The fourth-order valence-corrected chi connectivity index (χ4v) is 3.70. The molecule has 134 valence electrons. The topological polar surface area (TPSA) is 70.2 Å². The summed E-state index contributed by atoms with van der Waals surface area (Å²) in [5.74, 6) is 0. The minimum absolute atomic E-state index is 0.132. The molecule has 0 fully saturated rings. The maximum absolute atomic E-state index is 12.6. The molecule has 0 aliphatic carbocycles. The summed E-state index contributed by atoms with van der Waals surface area (Å²) < 4.78 is 27.7. The Hall–Kier alpha value is -1.83. The minimum atomic E-state index is -3.74. The molecule has 2 aromatic rings. The van der Waals surface area contributed by atoms with Gasteiger partial charge in [0.1, 0.15) is 0 Å². The fraction of sp³-hybridized carbons (Fsp3) is 0.235. The second kappa shape index (κ2) is 8.03. The van der Waals surface area contributed by atoms with Gasteiger partial charge in [0.25, 0.3) is 10.0 Å². The number of nitrogens with one attached hydrogen (secondary N) is 3. The summed E-state index contributed by atoms with van der Waals surface area (Å²) in [6, 6.07) is 11.5. The first kappa shape index (κ1) is 19.5. The van der Waals surface area contributed by atoms with Gasteiger partial charge in [-0.1, -0.05) is 23.7 Å². The van der Waals surface area contributed by atoms with Gasteiger partial charge in [-0.3, -0.25) is 4.72 Å². The lowest BCUT2D eigenvalue weighted by atomic mass is 10.2. The van der Waals surface area contributed by atoms with Crippen LogP contribution in [0.1, 0.15) is 19.4 Å². The van der Waals surface area contributed by atoms with Crippen LogP contribution < -0.4 is 15.4 Å². The lowest BCUT2D eigenvalue weighted by Crippen LogP contribution is -2.34. The fourth-order valence-electron chi connectivity index (χ4n) is 2.09. The molecule has 0 atom stereocenters. The van der Waals surface area contributed by atoms with E-state index in [0.717, 1.165) is 5.56 Å². The molecule has 0 unspecified atom stereocenters. The number of aryl methyl sites for hydroxylation is 1. The molecular formula is C17H20ClN3O2S2. The van der Waals surface area contributed by atoms with Crippen LogP contribution in [0.3, 0.4) is 0 Å². The van der Waals surface area contributed by atoms with Crippen LogP contribution in [0.5, 0.6) is 0 Å². The zero-order valence-corrected chi connectivity index (χ0v) is 16.5. The standard InChI is InChI=1S/C17H20ClN3O2S2/c1-11(2)19-17(24)20-16-10-15(8-7-12(16)3)25(22,23)21-14-6-4-5-13(18)9-14/h4-11,21H,1-3H3,(H2,19,20,24). The predicted octanol–water partition coefficient (Wildman–Crippen LogP) is 4.14. The highest BCUT2D eigenvalue weighted by atomic mass is 35.5. The molecule has 0 saturated carbocycles. The largest absolute Gasteiger partial charge is 0.360 e. The summed E-state index contributed by atoms with van der Waals surface area (Å²) in [5, 5.41) is 6.99. The zero-order chi connectivity index (χ0) is 18.6. The van der Waals surface area contributed by atoms with Crippen LogP contribution in [0.2, 0.25) is 5.02 Å². The molecule has 2 aromatic carbocycles. The van der Waals surface area contributed by atoms with Gasteiger partial charge in [0.15, 0.2) is 5.11 Å². The van der Waals surface area contributed by atoms with Gasteiger partial charge in [-0.2, -0.15) is 0 Å². The van der Waals surface area contributed by atoms with E-state index in [1.54, 1.807) is 42.5 Å². The lowest BCUT2D eigenvalue weighted by molar-refractivity contribution is 0.601. The molecule has 3 N–H and O–H groups in total. The molecule has 0 bridgehead atoms. The Morgan fingerprint density at radius 3 is 2.52 bits per heavy atom. The average Bonchev–Trinajstić information content (AvgIpc) is 2.48. The lowest BCUT2D eigenvalue weighted by Gasteiger charge is -2.16. The maximum atomic E-state index is 12.6. The normalized spacial score (nSPS) is 11.2. The highest BCUT2D eigenvalue weighted by molar-refractivity contribution is 7.92. The van der Waals surface area contributed by atoms with Crippen molar-refractivity contribution in [3.63, 3.8) is 0 Å². The van der Waals surface area contributed by atoms with Crippen molar-refractivity contribution >= 4 is 50.3 Å². The minimum Gasteiger partial charge on any atom is -0.360 e. The predicted molar refractivity (Wildman–Crippen MR) is 108 cm³/mol. The van der Waals surface area contributed by atoms with Crippen molar-refractivity contribution in [1.29, 1.82) is 0 Å². The molecule has 0 aromatic heterocycles. The number of anilines is 2. The molecule has 5 nitrogen and oxygen atoms in total. The van der Waals surface area contributed by atoms with Crippen molar-refractivity contribution < 1.29 is 8.42 Å². The van der Waals surface area contributed by atoms with Crippen molar-refractivity contribution in [2.24, 2.45) is 0 Å². The van der Waals surface area contributed by atoms with E-state index in [9.17, 15) is 8.42 Å². The number of benzene rings is 2. The first-order valence-electron chi connectivity index (χ1n) is 7.64. The van der Waals surface area contributed by atoms with E-state index < -0.39 is 10.0 Å².